The summed E-state index contributed by atoms with van der Waals surface area (Å²) in [5.41, 5.74) is 4.23. The van der Waals surface area contributed by atoms with Gasteiger partial charge in [0.05, 0.1) is 12.6 Å². The molecule has 0 spiro atoms. The second-order valence-electron chi connectivity index (χ2n) is 8.01. The number of hydrogen-bond acceptors (Lipinski definition) is 3. The van der Waals surface area contributed by atoms with Gasteiger partial charge >= 0.3 is 0 Å². The van der Waals surface area contributed by atoms with Gasteiger partial charge in [-0.2, -0.15) is 0 Å². The molecule has 0 unspecified atom stereocenters. The highest BCUT2D eigenvalue weighted by Crippen LogP contribution is 2.48. The van der Waals surface area contributed by atoms with Gasteiger partial charge in [-0.25, -0.2) is 0 Å². The summed E-state index contributed by atoms with van der Waals surface area (Å²) >= 11 is 1.89. The molecule has 1 fully saturated rings. The molecule has 2 aromatic rings. The molecule has 1 N–H and O–H groups in total. The SMILES string of the molecule is O=C(CN1CCc2sccc2[C@@H]1C1CC1)N[C@H]1CCCc2ccccc21. The maximum atomic E-state index is 12.9. The molecule has 1 saturated carbocycles. The minimum absolute atomic E-state index is 0.188. The first kappa shape index (κ1) is 16.5. The van der Waals surface area contributed by atoms with E-state index in [-0.39, 0.29) is 11.9 Å². The zero-order chi connectivity index (χ0) is 17.5. The normalized spacial score (nSPS) is 25.4. The Morgan fingerprint density at radius 3 is 2.88 bits per heavy atom. The number of rotatable bonds is 4. The van der Waals surface area contributed by atoms with E-state index in [4.69, 9.17) is 0 Å². The minimum Gasteiger partial charge on any atom is -0.348 e. The molecule has 136 valence electrons. The first-order valence-electron chi connectivity index (χ1n) is 9.97. The van der Waals surface area contributed by atoms with Crippen LogP contribution >= 0.6 is 11.3 Å². The van der Waals surface area contributed by atoms with Crippen LogP contribution in [0.25, 0.3) is 0 Å². The zero-order valence-electron chi connectivity index (χ0n) is 15.1. The summed E-state index contributed by atoms with van der Waals surface area (Å²) in [7, 11) is 0. The van der Waals surface area contributed by atoms with E-state index in [9.17, 15) is 4.79 Å². The zero-order valence-corrected chi connectivity index (χ0v) is 15.9. The summed E-state index contributed by atoms with van der Waals surface area (Å²) in [6.45, 7) is 1.55. The molecule has 3 nitrogen and oxygen atoms in total. The first-order valence-corrected chi connectivity index (χ1v) is 10.8. The van der Waals surface area contributed by atoms with Crippen molar-refractivity contribution in [1.82, 2.24) is 10.2 Å². The molecule has 0 bridgehead atoms. The van der Waals surface area contributed by atoms with Crippen molar-refractivity contribution in [2.45, 2.75) is 50.6 Å². The van der Waals surface area contributed by atoms with Crippen LogP contribution in [0.4, 0.5) is 0 Å². The van der Waals surface area contributed by atoms with Crippen LogP contribution in [0.1, 0.15) is 59.3 Å². The van der Waals surface area contributed by atoms with Crippen LogP contribution in [0.2, 0.25) is 0 Å². The molecule has 1 amide bonds. The Morgan fingerprint density at radius 1 is 1.12 bits per heavy atom. The molecule has 26 heavy (non-hydrogen) atoms. The molecule has 2 heterocycles. The van der Waals surface area contributed by atoms with Crippen LogP contribution in [-0.4, -0.2) is 23.9 Å². The van der Waals surface area contributed by atoms with Gasteiger partial charge in [-0.3, -0.25) is 9.69 Å². The summed E-state index contributed by atoms with van der Waals surface area (Å²) in [4.78, 5) is 16.9. The number of thiophene rings is 1. The maximum Gasteiger partial charge on any atom is 0.234 e. The number of carbonyl (C=O) groups is 1. The Kier molecular flexibility index (Phi) is 4.33. The lowest BCUT2D eigenvalue weighted by Gasteiger charge is -2.36. The van der Waals surface area contributed by atoms with Crippen molar-refractivity contribution in [1.29, 1.82) is 0 Å². The average molecular weight is 367 g/mol. The molecule has 0 saturated heterocycles. The van der Waals surface area contributed by atoms with Crippen LogP contribution in [0, 0.1) is 5.92 Å². The lowest BCUT2D eigenvalue weighted by atomic mass is 9.87. The van der Waals surface area contributed by atoms with Gasteiger partial charge in [0.15, 0.2) is 0 Å². The van der Waals surface area contributed by atoms with Crippen LogP contribution in [-0.2, 0) is 17.6 Å². The molecule has 1 aromatic heterocycles. The summed E-state index contributed by atoms with van der Waals surface area (Å²) in [6.07, 6.45) is 7.08. The standard InChI is InChI=1S/C22H26N2OS/c25-21(23-19-7-3-5-15-4-1-2-6-17(15)19)14-24-12-10-20-18(11-13-26-20)22(24)16-8-9-16/h1-2,4,6,11,13,16,19,22H,3,5,7-10,12,14H2,(H,23,25)/t19-,22-/m0/s1. The van der Waals surface area contributed by atoms with E-state index in [1.165, 1.54) is 29.5 Å². The average Bonchev–Trinajstić information content (AvgIpc) is 3.38. The number of benzene rings is 1. The van der Waals surface area contributed by atoms with E-state index in [2.05, 4.69) is 45.9 Å². The topological polar surface area (TPSA) is 32.3 Å². The predicted molar refractivity (Wildman–Crippen MR) is 105 cm³/mol. The van der Waals surface area contributed by atoms with E-state index >= 15 is 0 Å². The molecule has 2 atom stereocenters. The lowest BCUT2D eigenvalue weighted by Crippen LogP contribution is -2.44. The van der Waals surface area contributed by atoms with Gasteiger partial charge < -0.3 is 5.32 Å². The van der Waals surface area contributed by atoms with Crippen molar-refractivity contribution in [2.24, 2.45) is 5.92 Å². The largest absolute Gasteiger partial charge is 0.348 e. The number of hydrogen-bond donors (Lipinski definition) is 1. The second-order valence-corrected chi connectivity index (χ2v) is 9.01. The lowest BCUT2D eigenvalue weighted by molar-refractivity contribution is -0.124. The van der Waals surface area contributed by atoms with Crippen LogP contribution in [0.3, 0.4) is 0 Å². The Morgan fingerprint density at radius 2 is 2.00 bits per heavy atom. The third-order valence-electron chi connectivity index (χ3n) is 6.24. The summed E-state index contributed by atoms with van der Waals surface area (Å²) in [5.74, 6) is 0.947. The minimum atomic E-state index is 0.188. The fourth-order valence-electron chi connectivity index (χ4n) is 4.87. The smallest absolute Gasteiger partial charge is 0.234 e. The molecule has 3 aliphatic rings. The summed E-state index contributed by atoms with van der Waals surface area (Å²) < 4.78 is 0. The Bertz CT molecular complexity index is 810. The van der Waals surface area contributed by atoms with E-state index in [0.717, 1.165) is 38.1 Å². The molecule has 1 aliphatic heterocycles. The van der Waals surface area contributed by atoms with Crippen molar-refractivity contribution < 1.29 is 4.79 Å². The van der Waals surface area contributed by atoms with E-state index in [0.29, 0.717) is 12.6 Å². The number of aryl methyl sites for hydroxylation is 1. The first-order chi connectivity index (χ1) is 12.8. The predicted octanol–water partition coefficient (Wildman–Crippen LogP) is 4.25. The van der Waals surface area contributed by atoms with Gasteiger partial charge in [-0.15, -0.1) is 11.3 Å². The second kappa shape index (κ2) is 6.82. The van der Waals surface area contributed by atoms with E-state index < -0.39 is 0 Å². The highest BCUT2D eigenvalue weighted by molar-refractivity contribution is 7.10. The fraction of sp³-hybridized carbons (Fsp3) is 0.500. The molecule has 0 radical (unpaired) electrons. The van der Waals surface area contributed by atoms with Gasteiger partial charge in [-0.05, 0) is 72.6 Å². The van der Waals surface area contributed by atoms with Crippen LogP contribution in [0.15, 0.2) is 35.7 Å². The Labute approximate surface area is 159 Å². The van der Waals surface area contributed by atoms with E-state index in [1.54, 1.807) is 4.88 Å². The molecule has 4 heteroatoms. The Balaban J connectivity index is 1.29. The monoisotopic (exact) mass is 366 g/mol. The highest BCUT2D eigenvalue weighted by atomic mass is 32.1. The number of nitrogens with one attached hydrogen (secondary N) is 1. The Hall–Kier alpha value is -1.65. The molecule has 5 rings (SSSR count). The number of carbonyl (C=O) groups excluding carboxylic acids is 1. The van der Waals surface area contributed by atoms with Gasteiger partial charge in [0, 0.05) is 17.5 Å². The van der Waals surface area contributed by atoms with Crippen LogP contribution < -0.4 is 5.32 Å². The van der Waals surface area contributed by atoms with Crippen molar-refractivity contribution in [2.75, 3.05) is 13.1 Å². The fourth-order valence-corrected chi connectivity index (χ4v) is 5.78. The number of amides is 1. The third kappa shape index (κ3) is 3.10. The van der Waals surface area contributed by atoms with Gasteiger partial charge in [-0.1, -0.05) is 24.3 Å². The van der Waals surface area contributed by atoms with Crippen molar-refractivity contribution in [3.05, 3.63) is 57.3 Å². The van der Waals surface area contributed by atoms with Crippen molar-refractivity contribution in [3.8, 4) is 0 Å². The van der Waals surface area contributed by atoms with Crippen molar-refractivity contribution >= 4 is 17.2 Å². The molecular weight excluding hydrogens is 340 g/mol. The van der Waals surface area contributed by atoms with Crippen LogP contribution in [0.5, 0.6) is 0 Å². The van der Waals surface area contributed by atoms with Crippen molar-refractivity contribution in [3.63, 3.8) is 0 Å². The van der Waals surface area contributed by atoms with Gasteiger partial charge in [0.2, 0.25) is 5.91 Å². The summed E-state index contributed by atoms with van der Waals surface area (Å²) in [6, 6.07) is 11.5. The number of fused-ring (bicyclic) bond motifs is 2. The third-order valence-corrected chi connectivity index (χ3v) is 7.23. The maximum absolute atomic E-state index is 12.9. The number of nitrogens with zero attached hydrogens (tertiary/aromatic N) is 1. The quantitative estimate of drug-likeness (QED) is 0.877. The molecule has 2 aliphatic carbocycles. The molecule has 1 aromatic carbocycles. The van der Waals surface area contributed by atoms with E-state index in [1.807, 2.05) is 11.3 Å². The van der Waals surface area contributed by atoms with Gasteiger partial charge in [0.1, 0.15) is 0 Å². The molecular formula is C22H26N2OS. The highest BCUT2D eigenvalue weighted by Gasteiger charge is 2.40. The summed E-state index contributed by atoms with van der Waals surface area (Å²) in [5, 5.41) is 5.57. The van der Waals surface area contributed by atoms with Gasteiger partial charge in [0.25, 0.3) is 0 Å².